The lowest BCUT2D eigenvalue weighted by atomic mass is 10.1. The fraction of sp³-hybridized carbons (Fsp3) is 0.222. The minimum Gasteiger partial charge on any atom is -0.484 e. The molecule has 35 heavy (non-hydrogen) atoms. The van der Waals surface area contributed by atoms with Gasteiger partial charge in [0.25, 0.3) is 5.91 Å². The van der Waals surface area contributed by atoms with Crippen LogP contribution in [-0.4, -0.2) is 22.6 Å². The Labute approximate surface area is 214 Å². The molecule has 8 heteroatoms. The lowest BCUT2D eigenvalue weighted by Crippen LogP contribution is -2.37. The van der Waals surface area contributed by atoms with E-state index >= 15 is 0 Å². The van der Waals surface area contributed by atoms with Gasteiger partial charge in [0.2, 0.25) is 0 Å². The number of nitrogens with zero attached hydrogens (tertiary/aromatic N) is 1. The third-order valence-corrected chi connectivity index (χ3v) is 6.26. The number of halogens is 1. The normalized spacial score (nSPS) is 10.9. The molecule has 0 saturated heterocycles. The summed E-state index contributed by atoms with van der Waals surface area (Å²) in [6.45, 7) is 7.69. The van der Waals surface area contributed by atoms with Gasteiger partial charge in [-0.15, -0.1) is 0 Å². The third kappa shape index (κ3) is 6.18. The van der Waals surface area contributed by atoms with Crippen molar-refractivity contribution >= 4 is 51.6 Å². The molecule has 0 spiro atoms. The van der Waals surface area contributed by atoms with E-state index in [1.807, 2.05) is 58.0 Å². The summed E-state index contributed by atoms with van der Waals surface area (Å²) >= 11 is 11.4. The molecule has 0 aliphatic heterocycles. The lowest BCUT2D eigenvalue weighted by Gasteiger charge is -2.12. The highest BCUT2D eigenvalue weighted by atomic mass is 35.5. The molecule has 0 bridgehead atoms. The van der Waals surface area contributed by atoms with Gasteiger partial charge in [0.05, 0.1) is 0 Å². The Morgan fingerprint density at radius 3 is 2.40 bits per heavy atom. The Hall–Kier alpha value is -3.42. The van der Waals surface area contributed by atoms with E-state index in [9.17, 15) is 4.79 Å². The summed E-state index contributed by atoms with van der Waals surface area (Å²) in [6, 6.07) is 15.4. The first kappa shape index (κ1) is 24.7. The SMILES string of the molecule is Cc1cc(C)c2oc(Cc3ccc(NC(=S)NC(=O)COc4cc(C)c(Cl)c(C)c4)cc3)nc2c1. The molecule has 0 atom stereocenters. The van der Waals surface area contributed by atoms with Crippen LogP contribution < -0.4 is 15.4 Å². The largest absolute Gasteiger partial charge is 0.484 e. The van der Waals surface area contributed by atoms with Crippen LogP contribution in [0.1, 0.15) is 33.7 Å². The number of carbonyl (C=O) groups excluding carboxylic acids is 1. The van der Waals surface area contributed by atoms with Crippen molar-refractivity contribution in [2.75, 3.05) is 11.9 Å². The zero-order valence-corrected chi connectivity index (χ0v) is 21.6. The molecule has 0 unspecified atom stereocenters. The topological polar surface area (TPSA) is 76.4 Å². The summed E-state index contributed by atoms with van der Waals surface area (Å²) in [5.74, 6) is 0.896. The van der Waals surface area contributed by atoms with E-state index in [0.717, 1.165) is 44.6 Å². The van der Waals surface area contributed by atoms with Crippen molar-refractivity contribution in [3.63, 3.8) is 0 Å². The zero-order valence-electron chi connectivity index (χ0n) is 20.0. The van der Waals surface area contributed by atoms with Crippen molar-refractivity contribution in [3.05, 3.63) is 87.3 Å². The van der Waals surface area contributed by atoms with Crippen molar-refractivity contribution in [2.24, 2.45) is 0 Å². The lowest BCUT2D eigenvalue weighted by molar-refractivity contribution is -0.121. The van der Waals surface area contributed by atoms with Crippen molar-refractivity contribution in [2.45, 2.75) is 34.1 Å². The van der Waals surface area contributed by atoms with Gasteiger partial charge in [0.1, 0.15) is 11.3 Å². The van der Waals surface area contributed by atoms with Crippen LogP contribution in [0, 0.1) is 27.7 Å². The van der Waals surface area contributed by atoms with E-state index in [1.54, 1.807) is 12.1 Å². The Kier molecular flexibility index (Phi) is 7.38. The van der Waals surface area contributed by atoms with Crippen LogP contribution in [-0.2, 0) is 11.2 Å². The van der Waals surface area contributed by atoms with Gasteiger partial charge < -0.3 is 14.5 Å². The molecule has 0 saturated carbocycles. The smallest absolute Gasteiger partial charge is 0.264 e. The Morgan fingerprint density at radius 2 is 1.71 bits per heavy atom. The molecule has 6 nitrogen and oxygen atoms in total. The number of fused-ring (bicyclic) bond motifs is 1. The summed E-state index contributed by atoms with van der Waals surface area (Å²) < 4.78 is 11.5. The number of benzene rings is 3. The summed E-state index contributed by atoms with van der Waals surface area (Å²) in [5.41, 5.74) is 7.54. The number of oxazole rings is 1. The van der Waals surface area contributed by atoms with Gasteiger partial charge in [0.15, 0.2) is 23.2 Å². The van der Waals surface area contributed by atoms with E-state index in [-0.39, 0.29) is 17.6 Å². The molecule has 2 N–H and O–H groups in total. The summed E-state index contributed by atoms with van der Waals surface area (Å²) in [6.07, 6.45) is 0.579. The number of ether oxygens (including phenoxy) is 1. The van der Waals surface area contributed by atoms with Crippen LogP contribution in [0.5, 0.6) is 5.75 Å². The van der Waals surface area contributed by atoms with E-state index in [1.165, 1.54) is 0 Å². The molecule has 4 aromatic rings. The molecule has 1 aromatic heterocycles. The molecule has 4 rings (SSSR count). The first-order valence-electron chi connectivity index (χ1n) is 11.1. The predicted octanol–water partition coefficient (Wildman–Crippen LogP) is 6.20. The van der Waals surface area contributed by atoms with Crippen LogP contribution in [0.15, 0.2) is 52.9 Å². The molecular formula is C27H26ClN3O3S. The minimum atomic E-state index is -0.356. The molecular weight excluding hydrogens is 482 g/mol. The number of thiocarbonyl (C=S) groups is 1. The maximum absolute atomic E-state index is 12.2. The average molecular weight is 508 g/mol. The number of aryl methyl sites for hydroxylation is 4. The Morgan fingerprint density at radius 1 is 1.03 bits per heavy atom. The van der Waals surface area contributed by atoms with Crippen LogP contribution >= 0.6 is 23.8 Å². The van der Waals surface area contributed by atoms with Gasteiger partial charge in [0, 0.05) is 17.1 Å². The first-order chi connectivity index (χ1) is 16.7. The highest BCUT2D eigenvalue weighted by molar-refractivity contribution is 7.80. The fourth-order valence-electron chi connectivity index (χ4n) is 3.84. The average Bonchev–Trinajstić information content (AvgIpc) is 3.20. The number of carbonyl (C=O) groups is 1. The molecule has 0 aliphatic rings. The molecule has 1 heterocycles. The minimum absolute atomic E-state index is 0.162. The number of rotatable bonds is 6. The second-order valence-corrected chi connectivity index (χ2v) is 9.36. The molecule has 1 amide bonds. The van der Waals surface area contributed by atoms with Crippen LogP contribution in [0.25, 0.3) is 11.1 Å². The van der Waals surface area contributed by atoms with E-state index in [4.69, 9.17) is 33.0 Å². The molecule has 0 fully saturated rings. The van der Waals surface area contributed by atoms with Gasteiger partial charge in [-0.25, -0.2) is 4.98 Å². The van der Waals surface area contributed by atoms with Crippen molar-refractivity contribution < 1.29 is 13.9 Å². The Bertz CT molecular complexity index is 1390. The highest BCUT2D eigenvalue weighted by Crippen LogP contribution is 2.26. The van der Waals surface area contributed by atoms with Crippen molar-refractivity contribution in [3.8, 4) is 5.75 Å². The number of anilines is 1. The molecule has 3 aromatic carbocycles. The standard InChI is InChI=1S/C27H26ClN3O3S/c1-15-9-18(4)26-22(10-15)30-24(34-26)13-19-5-7-20(8-6-19)29-27(35)31-23(32)14-33-21-11-16(2)25(28)17(3)12-21/h5-12H,13-14H2,1-4H3,(H2,29,31,32,35). The summed E-state index contributed by atoms with van der Waals surface area (Å²) in [4.78, 5) is 16.8. The van der Waals surface area contributed by atoms with Gasteiger partial charge >= 0.3 is 0 Å². The Balaban J connectivity index is 1.29. The number of hydrogen-bond acceptors (Lipinski definition) is 5. The van der Waals surface area contributed by atoms with Crippen LogP contribution in [0.2, 0.25) is 5.02 Å². The van der Waals surface area contributed by atoms with Crippen molar-refractivity contribution in [1.29, 1.82) is 0 Å². The number of nitrogens with one attached hydrogen (secondary N) is 2. The molecule has 0 radical (unpaired) electrons. The monoisotopic (exact) mass is 507 g/mol. The van der Waals surface area contributed by atoms with Crippen LogP contribution in [0.3, 0.4) is 0 Å². The number of hydrogen-bond donors (Lipinski definition) is 2. The first-order valence-corrected chi connectivity index (χ1v) is 11.9. The van der Waals surface area contributed by atoms with Gasteiger partial charge in [-0.1, -0.05) is 29.8 Å². The zero-order chi connectivity index (χ0) is 25.1. The molecule has 0 aliphatic carbocycles. The highest BCUT2D eigenvalue weighted by Gasteiger charge is 2.11. The van der Waals surface area contributed by atoms with Gasteiger partial charge in [-0.05, 0) is 98.1 Å². The quantitative estimate of drug-likeness (QED) is 0.303. The fourth-order valence-corrected chi connectivity index (χ4v) is 4.18. The maximum atomic E-state index is 12.2. The third-order valence-electron chi connectivity index (χ3n) is 5.46. The maximum Gasteiger partial charge on any atom is 0.264 e. The van der Waals surface area contributed by atoms with E-state index in [0.29, 0.717) is 23.1 Å². The molecule has 180 valence electrons. The summed E-state index contributed by atoms with van der Waals surface area (Å²) in [5, 5.41) is 6.52. The van der Waals surface area contributed by atoms with E-state index in [2.05, 4.69) is 21.7 Å². The van der Waals surface area contributed by atoms with Gasteiger partial charge in [-0.3, -0.25) is 10.1 Å². The van der Waals surface area contributed by atoms with Crippen molar-refractivity contribution in [1.82, 2.24) is 10.3 Å². The second-order valence-electron chi connectivity index (χ2n) is 8.57. The predicted molar refractivity (Wildman–Crippen MR) is 144 cm³/mol. The number of amides is 1. The number of aromatic nitrogens is 1. The van der Waals surface area contributed by atoms with E-state index < -0.39 is 0 Å². The second kappa shape index (κ2) is 10.5. The van der Waals surface area contributed by atoms with Crippen LogP contribution in [0.4, 0.5) is 5.69 Å². The van der Waals surface area contributed by atoms with Gasteiger partial charge in [-0.2, -0.15) is 0 Å². The summed E-state index contributed by atoms with van der Waals surface area (Å²) in [7, 11) is 0.